The summed E-state index contributed by atoms with van der Waals surface area (Å²) in [6, 6.07) is 12.0. The molecule has 0 aromatic heterocycles. The Balaban J connectivity index is 1.71. The van der Waals surface area contributed by atoms with E-state index in [1.54, 1.807) is 6.07 Å². The van der Waals surface area contributed by atoms with Crippen LogP contribution >= 0.6 is 11.6 Å². The van der Waals surface area contributed by atoms with Crippen LogP contribution in [0, 0.1) is 5.82 Å². The lowest BCUT2D eigenvalue weighted by atomic mass is 10.2. The van der Waals surface area contributed by atoms with E-state index >= 15 is 0 Å². The molecule has 0 saturated carbocycles. The van der Waals surface area contributed by atoms with E-state index in [2.05, 4.69) is 0 Å². The molecule has 2 aromatic carbocycles. The third kappa shape index (κ3) is 4.92. The standard InChI is InChI=1S/C16H17ClFNO2/c17-15-10-14(5-6-16(15)18)21-8-2-7-20-13-4-1-3-12(9-13)11-19/h1,3-6,9-10H,2,7-8,11,19H2. The zero-order valence-corrected chi connectivity index (χ0v) is 12.3. The van der Waals surface area contributed by atoms with Gasteiger partial charge in [0.15, 0.2) is 0 Å². The van der Waals surface area contributed by atoms with Crippen LogP contribution in [-0.2, 0) is 6.54 Å². The second-order valence-corrected chi connectivity index (χ2v) is 4.89. The zero-order chi connectivity index (χ0) is 15.1. The maximum atomic E-state index is 13.0. The predicted octanol–water partition coefficient (Wildman–Crippen LogP) is 3.79. The van der Waals surface area contributed by atoms with Crippen molar-refractivity contribution in [2.75, 3.05) is 13.2 Å². The fourth-order valence-electron chi connectivity index (χ4n) is 1.77. The van der Waals surface area contributed by atoms with E-state index in [0.29, 0.717) is 31.9 Å². The number of hydrogen-bond donors (Lipinski definition) is 1. The molecule has 5 heteroatoms. The predicted molar refractivity (Wildman–Crippen MR) is 81.4 cm³/mol. The molecule has 0 heterocycles. The Kier molecular flexibility index (Phi) is 5.84. The van der Waals surface area contributed by atoms with Gasteiger partial charge in [-0.05, 0) is 29.8 Å². The first-order valence-electron chi connectivity index (χ1n) is 6.68. The number of hydrogen-bond acceptors (Lipinski definition) is 3. The molecule has 0 atom stereocenters. The molecule has 0 spiro atoms. The SMILES string of the molecule is NCc1cccc(OCCCOc2ccc(F)c(Cl)c2)c1. The van der Waals surface area contributed by atoms with Crippen LogP contribution in [0.4, 0.5) is 4.39 Å². The molecule has 0 amide bonds. The van der Waals surface area contributed by atoms with Crippen LogP contribution in [0.5, 0.6) is 11.5 Å². The average molecular weight is 310 g/mol. The van der Waals surface area contributed by atoms with Crippen molar-refractivity contribution in [1.82, 2.24) is 0 Å². The van der Waals surface area contributed by atoms with Crippen molar-refractivity contribution in [2.24, 2.45) is 5.73 Å². The summed E-state index contributed by atoms with van der Waals surface area (Å²) in [4.78, 5) is 0. The van der Waals surface area contributed by atoms with E-state index in [9.17, 15) is 4.39 Å². The minimum atomic E-state index is -0.452. The third-order valence-electron chi connectivity index (χ3n) is 2.85. The molecule has 0 saturated heterocycles. The number of ether oxygens (including phenoxy) is 2. The summed E-state index contributed by atoms with van der Waals surface area (Å²) < 4.78 is 24.1. The zero-order valence-electron chi connectivity index (χ0n) is 11.5. The van der Waals surface area contributed by atoms with Crippen LogP contribution in [0.1, 0.15) is 12.0 Å². The summed E-state index contributed by atoms with van der Waals surface area (Å²) in [6.07, 6.45) is 0.710. The van der Waals surface area contributed by atoms with Gasteiger partial charge < -0.3 is 15.2 Å². The maximum Gasteiger partial charge on any atom is 0.142 e. The van der Waals surface area contributed by atoms with Crippen molar-refractivity contribution < 1.29 is 13.9 Å². The highest BCUT2D eigenvalue weighted by Gasteiger charge is 2.01. The maximum absolute atomic E-state index is 13.0. The van der Waals surface area contributed by atoms with E-state index in [1.165, 1.54) is 12.1 Å². The minimum Gasteiger partial charge on any atom is -0.493 e. The van der Waals surface area contributed by atoms with Crippen LogP contribution in [0.15, 0.2) is 42.5 Å². The van der Waals surface area contributed by atoms with Gasteiger partial charge in [0.05, 0.1) is 18.2 Å². The largest absolute Gasteiger partial charge is 0.493 e. The molecular formula is C16H17ClFNO2. The third-order valence-corrected chi connectivity index (χ3v) is 3.14. The van der Waals surface area contributed by atoms with E-state index in [-0.39, 0.29) is 5.02 Å². The first-order valence-corrected chi connectivity index (χ1v) is 7.06. The van der Waals surface area contributed by atoms with E-state index in [1.807, 2.05) is 24.3 Å². The Bertz CT molecular complexity index is 592. The lowest BCUT2D eigenvalue weighted by Crippen LogP contribution is -2.05. The Morgan fingerprint density at radius 1 is 1.00 bits per heavy atom. The smallest absolute Gasteiger partial charge is 0.142 e. The molecule has 21 heavy (non-hydrogen) atoms. The normalized spacial score (nSPS) is 10.4. The van der Waals surface area contributed by atoms with Crippen molar-refractivity contribution in [1.29, 1.82) is 0 Å². The summed E-state index contributed by atoms with van der Waals surface area (Å²) >= 11 is 5.67. The lowest BCUT2D eigenvalue weighted by Gasteiger charge is -2.09. The van der Waals surface area contributed by atoms with Crippen molar-refractivity contribution in [3.8, 4) is 11.5 Å². The first kappa shape index (κ1) is 15.6. The van der Waals surface area contributed by atoms with Crippen LogP contribution in [0.2, 0.25) is 5.02 Å². The summed E-state index contributed by atoms with van der Waals surface area (Å²) in [7, 11) is 0. The number of benzene rings is 2. The highest BCUT2D eigenvalue weighted by molar-refractivity contribution is 6.30. The molecule has 0 aliphatic heterocycles. The van der Waals surface area contributed by atoms with Crippen molar-refractivity contribution >= 4 is 11.6 Å². The molecule has 112 valence electrons. The molecule has 0 radical (unpaired) electrons. The highest BCUT2D eigenvalue weighted by atomic mass is 35.5. The Morgan fingerprint density at radius 3 is 2.38 bits per heavy atom. The molecular weight excluding hydrogens is 293 g/mol. The van der Waals surface area contributed by atoms with Crippen molar-refractivity contribution in [2.45, 2.75) is 13.0 Å². The molecule has 2 N–H and O–H groups in total. The second kappa shape index (κ2) is 7.86. The molecule has 0 fully saturated rings. The van der Waals surface area contributed by atoms with Crippen molar-refractivity contribution in [3.63, 3.8) is 0 Å². The van der Waals surface area contributed by atoms with Crippen LogP contribution < -0.4 is 15.2 Å². The average Bonchev–Trinajstić information content (AvgIpc) is 2.50. The summed E-state index contributed by atoms with van der Waals surface area (Å²) in [5.41, 5.74) is 6.60. The van der Waals surface area contributed by atoms with Gasteiger partial charge in [0.2, 0.25) is 0 Å². The number of halogens is 2. The van der Waals surface area contributed by atoms with Gasteiger partial charge in [-0.3, -0.25) is 0 Å². The van der Waals surface area contributed by atoms with Gasteiger partial charge in [0.25, 0.3) is 0 Å². The molecule has 0 aliphatic carbocycles. The minimum absolute atomic E-state index is 0.0577. The quantitative estimate of drug-likeness (QED) is 0.792. The van der Waals surface area contributed by atoms with Gasteiger partial charge in [0.1, 0.15) is 17.3 Å². The van der Waals surface area contributed by atoms with Gasteiger partial charge in [-0.2, -0.15) is 0 Å². The topological polar surface area (TPSA) is 44.5 Å². The van der Waals surface area contributed by atoms with Crippen molar-refractivity contribution in [3.05, 3.63) is 58.9 Å². The van der Waals surface area contributed by atoms with Crippen LogP contribution in [0.25, 0.3) is 0 Å². The summed E-state index contributed by atoms with van der Waals surface area (Å²) in [5.74, 6) is 0.890. The van der Waals surface area contributed by atoms with Gasteiger partial charge in [-0.25, -0.2) is 4.39 Å². The Hall–Kier alpha value is -1.78. The number of rotatable bonds is 7. The summed E-state index contributed by atoms with van der Waals surface area (Å²) in [6.45, 7) is 1.49. The van der Waals surface area contributed by atoms with Gasteiger partial charge >= 0.3 is 0 Å². The Labute approximate surface area is 128 Å². The second-order valence-electron chi connectivity index (χ2n) is 4.48. The Morgan fingerprint density at radius 2 is 1.71 bits per heavy atom. The van der Waals surface area contributed by atoms with Gasteiger partial charge in [-0.1, -0.05) is 23.7 Å². The van der Waals surface area contributed by atoms with Gasteiger partial charge in [0, 0.05) is 19.0 Å². The van der Waals surface area contributed by atoms with Crippen LogP contribution in [0.3, 0.4) is 0 Å². The highest BCUT2D eigenvalue weighted by Crippen LogP contribution is 2.21. The van der Waals surface area contributed by atoms with E-state index in [4.69, 9.17) is 26.8 Å². The van der Waals surface area contributed by atoms with Gasteiger partial charge in [-0.15, -0.1) is 0 Å². The van der Waals surface area contributed by atoms with Crippen LogP contribution in [-0.4, -0.2) is 13.2 Å². The molecule has 0 unspecified atom stereocenters. The lowest BCUT2D eigenvalue weighted by molar-refractivity contribution is 0.247. The molecule has 0 aliphatic rings. The molecule has 3 nitrogen and oxygen atoms in total. The monoisotopic (exact) mass is 309 g/mol. The van der Waals surface area contributed by atoms with E-state index in [0.717, 1.165) is 11.3 Å². The molecule has 2 aromatic rings. The summed E-state index contributed by atoms with van der Waals surface area (Å²) in [5, 5.41) is 0.0577. The molecule has 0 bridgehead atoms. The molecule has 2 rings (SSSR count). The fourth-order valence-corrected chi connectivity index (χ4v) is 1.94. The first-order chi connectivity index (χ1) is 10.2. The van der Waals surface area contributed by atoms with E-state index < -0.39 is 5.82 Å². The fraction of sp³-hybridized carbons (Fsp3) is 0.250. The number of nitrogens with two attached hydrogens (primary N) is 1.